The number of hydrogen-bond acceptors (Lipinski definition) is 3. The van der Waals surface area contributed by atoms with E-state index in [2.05, 4.69) is 5.32 Å². The van der Waals surface area contributed by atoms with Gasteiger partial charge in [0.05, 0.1) is 6.61 Å². The molecule has 0 aliphatic carbocycles. The van der Waals surface area contributed by atoms with Crippen molar-refractivity contribution in [2.45, 2.75) is 19.8 Å². The van der Waals surface area contributed by atoms with E-state index in [1.165, 1.54) is 6.92 Å². The smallest absolute Gasteiger partial charge is 0.222 e. The second-order valence-corrected chi connectivity index (χ2v) is 2.54. The largest absolute Gasteiger partial charge is 0.384 e. The fourth-order valence-electron chi connectivity index (χ4n) is 0.661. The van der Waals surface area contributed by atoms with Gasteiger partial charge in [0, 0.05) is 26.5 Å². The molecular weight excluding hydrogens is 158 g/mol. The molecule has 4 nitrogen and oxygen atoms in total. The highest BCUT2D eigenvalue weighted by atomic mass is 16.5. The Hall–Kier alpha value is -0.900. The van der Waals surface area contributed by atoms with E-state index in [4.69, 9.17) is 4.74 Å². The molecule has 0 radical (unpaired) electrons. The van der Waals surface area contributed by atoms with Crippen LogP contribution in [-0.4, -0.2) is 32.0 Å². The highest BCUT2D eigenvalue weighted by molar-refractivity contribution is 5.78. The zero-order chi connectivity index (χ0) is 9.40. The number of ketones is 1. The van der Waals surface area contributed by atoms with Gasteiger partial charge in [-0.25, -0.2) is 0 Å². The molecule has 0 aromatic heterocycles. The van der Waals surface area contributed by atoms with Gasteiger partial charge < -0.3 is 10.1 Å². The third-order valence-electron chi connectivity index (χ3n) is 1.33. The topological polar surface area (TPSA) is 55.4 Å². The summed E-state index contributed by atoms with van der Waals surface area (Å²) < 4.78 is 4.71. The van der Waals surface area contributed by atoms with Gasteiger partial charge in [0.2, 0.25) is 5.91 Å². The average molecular weight is 173 g/mol. The molecule has 70 valence electrons. The number of hydrogen-bond donors (Lipinski definition) is 1. The monoisotopic (exact) mass is 173 g/mol. The van der Waals surface area contributed by atoms with Crippen molar-refractivity contribution in [1.82, 2.24) is 5.32 Å². The second-order valence-electron chi connectivity index (χ2n) is 2.54. The van der Waals surface area contributed by atoms with E-state index in [-0.39, 0.29) is 11.7 Å². The summed E-state index contributed by atoms with van der Waals surface area (Å²) in [4.78, 5) is 21.3. The molecule has 4 heteroatoms. The number of Topliss-reactive ketones (excluding diaryl/α,β-unsaturated/α-hetero) is 1. The molecule has 1 amide bonds. The lowest BCUT2D eigenvalue weighted by atomic mass is 10.3. The van der Waals surface area contributed by atoms with E-state index >= 15 is 0 Å². The van der Waals surface area contributed by atoms with Crippen LogP contribution in [-0.2, 0) is 14.3 Å². The maximum absolute atomic E-state index is 10.9. The van der Waals surface area contributed by atoms with Crippen LogP contribution in [0, 0.1) is 0 Å². The van der Waals surface area contributed by atoms with Crippen LogP contribution in [0.5, 0.6) is 0 Å². The summed E-state index contributed by atoms with van der Waals surface area (Å²) in [6, 6.07) is 0. The van der Waals surface area contributed by atoms with Crippen LogP contribution in [0.15, 0.2) is 0 Å². The average Bonchev–Trinajstić information content (AvgIpc) is 2.00. The van der Waals surface area contributed by atoms with Gasteiger partial charge in [-0.1, -0.05) is 0 Å². The van der Waals surface area contributed by atoms with Gasteiger partial charge in [-0.15, -0.1) is 0 Å². The Labute approximate surface area is 72.3 Å². The Balaban J connectivity index is 3.25. The molecule has 0 heterocycles. The molecule has 0 bridgehead atoms. The van der Waals surface area contributed by atoms with Crippen LogP contribution in [0.25, 0.3) is 0 Å². The van der Waals surface area contributed by atoms with Gasteiger partial charge in [0.15, 0.2) is 0 Å². The van der Waals surface area contributed by atoms with Crippen molar-refractivity contribution >= 4 is 11.7 Å². The summed E-state index contributed by atoms with van der Waals surface area (Å²) in [5.41, 5.74) is 0. The molecule has 0 fully saturated rings. The van der Waals surface area contributed by atoms with Gasteiger partial charge in [-0.05, 0) is 6.92 Å². The fraction of sp³-hybridized carbons (Fsp3) is 0.750. The quantitative estimate of drug-likeness (QED) is 0.620. The zero-order valence-electron chi connectivity index (χ0n) is 7.55. The number of carbonyl (C=O) groups is 2. The van der Waals surface area contributed by atoms with Crippen molar-refractivity contribution in [3.8, 4) is 0 Å². The minimum atomic E-state index is -0.0712. The van der Waals surface area contributed by atoms with Crippen molar-refractivity contribution in [2.75, 3.05) is 20.3 Å². The minimum absolute atomic E-state index is 0.0712. The Morgan fingerprint density at radius 3 is 2.50 bits per heavy atom. The molecule has 0 unspecified atom stereocenters. The van der Waals surface area contributed by atoms with Gasteiger partial charge in [-0.2, -0.15) is 0 Å². The number of carbonyl (C=O) groups excluding carboxylic acids is 2. The van der Waals surface area contributed by atoms with E-state index in [9.17, 15) is 9.59 Å². The summed E-state index contributed by atoms with van der Waals surface area (Å²) in [6.45, 7) is 2.35. The molecule has 0 aliphatic heterocycles. The van der Waals surface area contributed by atoms with Crippen molar-refractivity contribution in [3.05, 3.63) is 0 Å². The maximum Gasteiger partial charge on any atom is 0.222 e. The summed E-state index contributed by atoms with van der Waals surface area (Å²) >= 11 is 0. The second kappa shape index (κ2) is 6.79. The van der Waals surface area contributed by atoms with Crippen LogP contribution in [0.1, 0.15) is 19.8 Å². The molecule has 0 rings (SSSR count). The predicted octanol–water partition coefficient (Wildman–Crippen LogP) is 0.118. The maximum atomic E-state index is 10.9. The molecule has 0 spiro atoms. The molecule has 0 atom stereocenters. The van der Waals surface area contributed by atoms with Crippen LogP contribution < -0.4 is 5.32 Å². The summed E-state index contributed by atoms with van der Waals surface area (Å²) in [7, 11) is 1.54. The first kappa shape index (κ1) is 11.1. The number of rotatable bonds is 6. The molecule has 0 saturated heterocycles. The van der Waals surface area contributed by atoms with E-state index < -0.39 is 0 Å². The molecule has 0 aromatic rings. The standard InChI is InChI=1S/C8H15NO3/c1-7(10)3-5-9-8(11)4-6-12-2/h3-6H2,1-2H3,(H,9,11). The van der Waals surface area contributed by atoms with E-state index in [1.54, 1.807) is 7.11 Å². The van der Waals surface area contributed by atoms with Gasteiger partial charge in [0.25, 0.3) is 0 Å². The Kier molecular flexibility index (Phi) is 6.28. The molecule has 0 aliphatic rings. The molecular formula is C8H15NO3. The van der Waals surface area contributed by atoms with E-state index in [0.29, 0.717) is 26.0 Å². The first-order valence-corrected chi connectivity index (χ1v) is 3.92. The van der Waals surface area contributed by atoms with Crippen molar-refractivity contribution in [1.29, 1.82) is 0 Å². The summed E-state index contributed by atoms with van der Waals surface area (Å²) in [6.07, 6.45) is 0.757. The van der Waals surface area contributed by atoms with Crippen LogP contribution in [0.3, 0.4) is 0 Å². The lowest BCUT2D eigenvalue weighted by Crippen LogP contribution is -2.26. The third-order valence-corrected chi connectivity index (χ3v) is 1.33. The normalized spacial score (nSPS) is 9.50. The van der Waals surface area contributed by atoms with Gasteiger partial charge in [-0.3, -0.25) is 9.59 Å². The molecule has 0 saturated carbocycles. The molecule has 0 aromatic carbocycles. The van der Waals surface area contributed by atoms with Crippen LogP contribution in [0.4, 0.5) is 0 Å². The Morgan fingerprint density at radius 2 is 2.00 bits per heavy atom. The lowest BCUT2D eigenvalue weighted by molar-refractivity contribution is -0.122. The van der Waals surface area contributed by atoms with Crippen molar-refractivity contribution < 1.29 is 14.3 Å². The SMILES string of the molecule is COCCC(=O)NCCC(C)=O. The molecule has 12 heavy (non-hydrogen) atoms. The predicted molar refractivity (Wildman–Crippen MR) is 44.8 cm³/mol. The third kappa shape index (κ3) is 7.21. The van der Waals surface area contributed by atoms with Gasteiger partial charge in [0.1, 0.15) is 5.78 Å². The summed E-state index contributed by atoms with van der Waals surface area (Å²) in [5.74, 6) is 0.0140. The summed E-state index contributed by atoms with van der Waals surface area (Å²) in [5, 5.41) is 2.61. The minimum Gasteiger partial charge on any atom is -0.384 e. The highest BCUT2D eigenvalue weighted by Gasteiger charge is 1.99. The zero-order valence-corrected chi connectivity index (χ0v) is 7.55. The number of ether oxygens (including phenoxy) is 1. The Bertz CT molecular complexity index is 156. The van der Waals surface area contributed by atoms with Gasteiger partial charge >= 0.3 is 0 Å². The number of methoxy groups -OCH3 is 1. The number of nitrogens with one attached hydrogen (secondary N) is 1. The number of amides is 1. The van der Waals surface area contributed by atoms with E-state index in [0.717, 1.165) is 0 Å². The highest BCUT2D eigenvalue weighted by Crippen LogP contribution is 1.82. The van der Waals surface area contributed by atoms with Crippen molar-refractivity contribution in [2.24, 2.45) is 0 Å². The first-order valence-electron chi connectivity index (χ1n) is 3.92. The van der Waals surface area contributed by atoms with E-state index in [1.807, 2.05) is 0 Å². The van der Waals surface area contributed by atoms with Crippen LogP contribution in [0.2, 0.25) is 0 Å². The first-order chi connectivity index (χ1) is 5.66. The van der Waals surface area contributed by atoms with Crippen LogP contribution >= 0.6 is 0 Å². The lowest BCUT2D eigenvalue weighted by Gasteiger charge is -2.02. The Morgan fingerprint density at radius 1 is 1.33 bits per heavy atom. The molecule has 1 N–H and O–H groups in total. The van der Waals surface area contributed by atoms with Crippen molar-refractivity contribution in [3.63, 3.8) is 0 Å². The fourth-order valence-corrected chi connectivity index (χ4v) is 0.661.